The Balaban J connectivity index is 2.56. The largest absolute Gasteiger partial charge is 0.490 e. The highest BCUT2D eigenvalue weighted by atomic mass is 79.9. The Labute approximate surface area is 110 Å². The molecule has 0 spiro atoms. The van der Waals surface area contributed by atoms with E-state index in [1.54, 1.807) is 16.7 Å². The van der Waals surface area contributed by atoms with Gasteiger partial charge in [0.1, 0.15) is 17.9 Å². The first kappa shape index (κ1) is 11.3. The lowest BCUT2D eigenvalue weighted by atomic mass is 10.1. The maximum absolute atomic E-state index is 12.2. The van der Waals surface area contributed by atoms with E-state index >= 15 is 0 Å². The van der Waals surface area contributed by atoms with Crippen LogP contribution in [-0.4, -0.2) is 22.2 Å². The van der Waals surface area contributed by atoms with Gasteiger partial charge in [-0.3, -0.25) is 4.79 Å². The van der Waals surface area contributed by atoms with Crippen molar-refractivity contribution in [1.29, 1.82) is 0 Å². The van der Waals surface area contributed by atoms with Crippen LogP contribution >= 0.6 is 15.9 Å². The summed E-state index contributed by atoms with van der Waals surface area (Å²) in [5.74, 6) is -0.608. The lowest BCUT2D eigenvalue weighted by Gasteiger charge is -2.21. The van der Waals surface area contributed by atoms with Crippen LogP contribution in [0.1, 0.15) is 10.4 Å². The normalized spacial score (nSPS) is 13.4. The van der Waals surface area contributed by atoms with E-state index in [9.17, 15) is 9.59 Å². The van der Waals surface area contributed by atoms with Crippen molar-refractivity contribution in [2.24, 2.45) is 0 Å². The van der Waals surface area contributed by atoms with Crippen LogP contribution in [0.5, 0.6) is 5.75 Å². The predicted octanol–water partition coefficient (Wildman–Crippen LogP) is 1.85. The third kappa shape index (κ3) is 1.45. The van der Waals surface area contributed by atoms with Crippen molar-refractivity contribution in [3.63, 3.8) is 0 Å². The van der Waals surface area contributed by atoms with E-state index < -0.39 is 11.4 Å². The minimum Gasteiger partial charge on any atom is -0.490 e. The summed E-state index contributed by atoms with van der Waals surface area (Å²) in [6, 6.07) is 3.46. The fourth-order valence-electron chi connectivity index (χ4n) is 2.16. The van der Waals surface area contributed by atoms with Crippen molar-refractivity contribution < 1.29 is 14.6 Å². The summed E-state index contributed by atoms with van der Waals surface area (Å²) in [6.45, 7) is 0.992. The number of halogens is 1. The number of nitrogens with zero attached hydrogens (tertiary/aromatic N) is 1. The minimum absolute atomic E-state index is 0.220. The molecular weight excluding hydrogens is 302 g/mol. The van der Waals surface area contributed by atoms with Gasteiger partial charge >= 0.3 is 5.97 Å². The third-order valence-corrected chi connectivity index (χ3v) is 3.61. The molecule has 0 amide bonds. The van der Waals surface area contributed by atoms with Gasteiger partial charge in [-0.1, -0.05) is 0 Å². The Kier molecular flexibility index (Phi) is 2.41. The summed E-state index contributed by atoms with van der Waals surface area (Å²) in [6.07, 6.45) is 1.38. The summed E-state index contributed by atoms with van der Waals surface area (Å²) in [5, 5.41) is 9.42. The highest BCUT2D eigenvalue weighted by Gasteiger charge is 2.21. The molecule has 3 rings (SSSR count). The van der Waals surface area contributed by atoms with Gasteiger partial charge in [-0.25, -0.2) is 4.79 Å². The number of pyridine rings is 1. The van der Waals surface area contributed by atoms with Crippen molar-refractivity contribution in [1.82, 2.24) is 4.57 Å². The summed E-state index contributed by atoms with van der Waals surface area (Å²) < 4.78 is 7.81. The second-order valence-electron chi connectivity index (χ2n) is 3.99. The van der Waals surface area contributed by atoms with Gasteiger partial charge in [0.2, 0.25) is 5.43 Å². The Morgan fingerprint density at radius 1 is 1.44 bits per heavy atom. The Morgan fingerprint density at radius 2 is 2.22 bits per heavy atom. The number of benzene rings is 1. The second kappa shape index (κ2) is 3.84. The van der Waals surface area contributed by atoms with E-state index in [-0.39, 0.29) is 5.56 Å². The molecule has 0 bridgehead atoms. The summed E-state index contributed by atoms with van der Waals surface area (Å²) in [5.41, 5.74) is -0.0687. The van der Waals surface area contributed by atoms with Crippen LogP contribution in [0, 0.1) is 0 Å². The molecule has 0 unspecified atom stereocenters. The molecule has 2 aromatic rings. The lowest BCUT2D eigenvalue weighted by Crippen LogP contribution is -2.23. The van der Waals surface area contributed by atoms with Crippen molar-refractivity contribution in [3.8, 4) is 5.75 Å². The average molecular weight is 310 g/mol. The SMILES string of the molecule is O=C(O)c1cn2c3c(ccc(Br)c3c1=O)OCC2. The lowest BCUT2D eigenvalue weighted by molar-refractivity contribution is 0.0694. The number of aromatic carboxylic acids is 1. The molecular formula is C12H8BrNO4. The molecule has 0 saturated heterocycles. The van der Waals surface area contributed by atoms with Crippen molar-refractivity contribution in [2.45, 2.75) is 6.54 Å². The zero-order chi connectivity index (χ0) is 12.9. The Morgan fingerprint density at radius 3 is 2.94 bits per heavy atom. The van der Waals surface area contributed by atoms with Crippen LogP contribution in [0.15, 0.2) is 27.6 Å². The number of aromatic nitrogens is 1. The minimum atomic E-state index is -1.21. The fourth-order valence-corrected chi connectivity index (χ4v) is 2.66. The van der Waals surface area contributed by atoms with E-state index in [1.165, 1.54) is 6.20 Å². The smallest absolute Gasteiger partial charge is 0.341 e. The number of carboxylic acids is 1. The van der Waals surface area contributed by atoms with Gasteiger partial charge in [0.05, 0.1) is 17.4 Å². The molecule has 0 fully saturated rings. The first-order chi connectivity index (χ1) is 8.59. The molecule has 1 aromatic carbocycles. The topological polar surface area (TPSA) is 68.5 Å². The molecule has 1 aromatic heterocycles. The molecule has 92 valence electrons. The Hall–Kier alpha value is -1.82. The van der Waals surface area contributed by atoms with Crippen LogP contribution in [0.2, 0.25) is 0 Å². The molecule has 5 nitrogen and oxygen atoms in total. The highest BCUT2D eigenvalue weighted by molar-refractivity contribution is 9.10. The fraction of sp³-hybridized carbons (Fsp3) is 0.167. The number of ether oxygens (including phenoxy) is 1. The van der Waals surface area contributed by atoms with Gasteiger partial charge < -0.3 is 14.4 Å². The standard InChI is InChI=1S/C12H8BrNO4/c13-7-1-2-8-10-9(7)11(15)6(12(16)17)5-14(10)3-4-18-8/h1-2,5H,3-4H2,(H,16,17). The quantitative estimate of drug-likeness (QED) is 0.873. The predicted molar refractivity (Wildman–Crippen MR) is 68.4 cm³/mol. The summed E-state index contributed by atoms with van der Waals surface area (Å²) in [7, 11) is 0. The average Bonchev–Trinajstić information content (AvgIpc) is 2.35. The first-order valence-corrected chi connectivity index (χ1v) is 6.10. The molecule has 0 radical (unpaired) electrons. The van der Waals surface area contributed by atoms with Crippen molar-refractivity contribution in [3.05, 3.63) is 38.6 Å². The number of rotatable bonds is 1. The van der Waals surface area contributed by atoms with E-state index in [4.69, 9.17) is 9.84 Å². The van der Waals surface area contributed by atoms with Crippen molar-refractivity contribution >= 4 is 32.8 Å². The number of carbonyl (C=O) groups is 1. The maximum atomic E-state index is 12.2. The molecule has 1 aliphatic rings. The van der Waals surface area contributed by atoms with E-state index in [0.29, 0.717) is 34.3 Å². The van der Waals surface area contributed by atoms with Gasteiger partial charge in [-0.2, -0.15) is 0 Å². The summed E-state index contributed by atoms with van der Waals surface area (Å²) in [4.78, 5) is 23.2. The van der Waals surface area contributed by atoms with Crippen molar-refractivity contribution in [2.75, 3.05) is 6.61 Å². The van der Waals surface area contributed by atoms with Crippen LogP contribution in [0.3, 0.4) is 0 Å². The highest BCUT2D eigenvalue weighted by Crippen LogP contribution is 2.32. The second-order valence-corrected chi connectivity index (χ2v) is 4.84. The number of hydrogen-bond acceptors (Lipinski definition) is 3. The van der Waals surface area contributed by atoms with Gasteiger partial charge in [-0.15, -0.1) is 0 Å². The molecule has 0 atom stereocenters. The monoisotopic (exact) mass is 309 g/mol. The van der Waals surface area contributed by atoms with Gasteiger partial charge in [0.25, 0.3) is 0 Å². The molecule has 1 aliphatic heterocycles. The maximum Gasteiger partial charge on any atom is 0.341 e. The molecule has 6 heteroatoms. The van der Waals surface area contributed by atoms with E-state index in [0.717, 1.165) is 0 Å². The van der Waals surface area contributed by atoms with Crippen LogP contribution in [0.25, 0.3) is 10.9 Å². The molecule has 18 heavy (non-hydrogen) atoms. The van der Waals surface area contributed by atoms with Gasteiger partial charge in [-0.05, 0) is 28.1 Å². The Bertz CT molecular complexity index is 735. The van der Waals surface area contributed by atoms with Gasteiger partial charge in [0, 0.05) is 10.7 Å². The van der Waals surface area contributed by atoms with E-state index in [2.05, 4.69) is 15.9 Å². The molecule has 1 N–H and O–H groups in total. The molecule has 2 heterocycles. The zero-order valence-electron chi connectivity index (χ0n) is 9.14. The molecule has 0 aliphatic carbocycles. The van der Waals surface area contributed by atoms with E-state index in [1.807, 2.05) is 0 Å². The third-order valence-electron chi connectivity index (χ3n) is 2.95. The first-order valence-electron chi connectivity index (χ1n) is 5.31. The van der Waals surface area contributed by atoms with Crippen LogP contribution < -0.4 is 10.2 Å². The van der Waals surface area contributed by atoms with Crippen LogP contribution in [0.4, 0.5) is 0 Å². The number of carboxylic acid groups (broad SMARTS) is 1. The summed E-state index contributed by atoms with van der Waals surface area (Å²) >= 11 is 3.29. The number of hydrogen-bond donors (Lipinski definition) is 1. The zero-order valence-corrected chi connectivity index (χ0v) is 10.7. The molecule has 0 saturated carbocycles. The van der Waals surface area contributed by atoms with Gasteiger partial charge in [0.15, 0.2) is 0 Å². The van der Waals surface area contributed by atoms with Crippen LogP contribution in [-0.2, 0) is 6.54 Å².